The topological polar surface area (TPSA) is 18.5 Å². The summed E-state index contributed by atoms with van der Waals surface area (Å²) in [6, 6.07) is 13.0. The first kappa shape index (κ1) is 23.8. The van der Waals surface area contributed by atoms with Crippen molar-refractivity contribution in [1.29, 1.82) is 0 Å². The Balaban J connectivity index is 1.97. The van der Waals surface area contributed by atoms with Gasteiger partial charge in [0.25, 0.3) is 6.03 Å². The van der Waals surface area contributed by atoms with Crippen molar-refractivity contribution >= 4 is 24.5 Å². The van der Waals surface area contributed by atoms with Crippen molar-refractivity contribution < 1.29 is 9.47 Å². The molecule has 0 aliphatic heterocycles. The molecule has 3 aromatic rings. The monoisotopic (exact) mass is 454 g/mol. The summed E-state index contributed by atoms with van der Waals surface area (Å²) in [7, 11) is 0.428. The zero-order valence-corrected chi connectivity index (χ0v) is 21.5. The Morgan fingerprint density at radius 3 is 1.68 bits per heavy atom. The van der Waals surface area contributed by atoms with Gasteiger partial charge in [0.05, 0.1) is 0 Å². The largest absolute Gasteiger partial charge is 0.451 e. The molecule has 0 radical (unpaired) electrons. The summed E-state index contributed by atoms with van der Waals surface area (Å²) in [6.07, 6.45) is 3.97. The predicted molar refractivity (Wildman–Crippen MR) is 137 cm³/mol. The van der Waals surface area contributed by atoms with Crippen molar-refractivity contribution in [1.82, 2.24) is 0 Å². The van der Waals surface area contributed by atoms with Gasteiger partial charge in [0.1, 0.15) is 11.5 Å². The molecule has 0 aliphatic carbocycles. The van der Waals surface area contributed by atoms with Crippen molar-refractivity contribution in [3.8, 4) is 11.5 Å². The van der Waals surface area contributed by atoms with Gasteiger partial charge in [-0.05, 0) is 84.4 Å². The fourth-order valence-electron chi connectivity index (χ4n) is 3.90. The van der Waals surface area contributed by atoms with Crippen LogP contribution in [0.15, 0.2) is 41.8 Å². The summed E-state index contributed by atoms with van der Waals surface area (Å²) in [4.78, 5) is 0. The first-order chi connectivity index (χ1) is 15.0. The van der Waals surface area contributed by atoms with E-state index in [2.05, 4.69) is 83.3 Å². The lowest BCUT2D eigenvalue weighted by molar-refractivity contribution is 0.0790. The minimum Gasteiger partial charge on any atom is -0.451 e. The zero-order valence-electron chi connectivity index (χ0n) is 19.7. The van der Waals surface area contributed by atoms with Crippen LogP contribution < -0.4 is 14.1 Å². The molecule has 0 N–H and O–H groups in total. The molecule has 0 amide bonds. The zero-order chi connectivity index (χ0) is 22.4. The van der Waals surface area contributed by atoms with Gasteiger partial charge in [0.2, 0.25) is 0 Å². The van der Waals surface area contributed by atoms with Crippen LogP contribution >= 0.6 is 19.9 Å². The maximum atomic E-state index is 6.65. The highest BCUT2D eigenvalue weighted by Gasteiger charge is 2.21. The van der Waals surface area contributed by atoms with Crippen LogP contribution in [0.2, 0.25) is 0 Å². The van der Waals surface area contributed by atoms with Crippen molar-refractivity contribution in [2.75, 3.05) is 0 Å². The van der Waals surface area contributed by atoms with Crippen LogP contribution in [0.3, 0.4) is 0 Å². The van der Waals surface area contributed by atoms with E-state index in [-0.39, 0.29) is 6.03 Å². The maximum Gasteiger partial charge on any atom is 0.260 e. The second-order valence-electron chi connectivity index (χ2n) is 7.91. The number of thiophene rings is 1. The first-order valence-corrected chi connectivity index (χ1v) is 13.3. The molecule has 0 saturated carbocycles. The highest BCUT2D eigenvalue weighted by atomic mass is 32.1. The van der Waals surface area contributed by atoms with Crippen molar-refractivity contribution in [2.24, 2.45) is 0 Å². The molecular weight excluding hydrogens is 419 g/mol. The minimum atomic E-state index is -0.341. The van der Waals surface area contributed by atoms with E-state index in [1.807, 2.05) is 0 Å². The first-order valence-electron chi connectivity index (χ1n) is 11.4. The van der Waals surface area contributed by atoms with Gasteiger partial charge in [-0.2, -0.15) is 0 Å². The summed E-state index contributed by atoms with van der Waals surface area (Å²) >= 11 is 1.77. The van der Waals surface area contributed by atoms with Crippen LogP contribution in [0.4, 0.5) is 0 Å². The molecule has 2 nitrogen and oxygen atoms in total. The Morgan fingerprint density at radius 2 is 1.29 bits per heavy atom. The highest BCUT2D eigenvalue weighted by Crippen LogP contribution is 2.35. The second-order valence-corrected chi connectivity index (χ2v) is 10.5. The lowest BCUT2D eigenvalue weighted by atomic mass is 10.0. The maximum absolute atomic E-state index is 6.65. The third-order valence-corrected chi connectivity index (χ3v) is 7.94. The molecule has 0 bridgehead atoms. The fourth-order valence-corrected chi connectivity index (χ4v) is 5.90. The van der Waals surface area contributed by atoms with Crippen molar-refractivity contribution in [3.05, 3.63) is 75.2 Å². The molecule has 1 unspecified atom stereocenters. The Labute approximate surface area is 193 Å². The van der Waals surface area contributed by atoms with Gasteiger partial charge in [-0.25, -0.2) is 0 Å². The smallest absolute Gasteiger partial charge is 0.260 e. The van der Waals surface area contributed by atoms with Gasteiger partial charge in [-0.15, -0.1) is 11.3 Å². The van der Waals surface area contributed by atoms with E-state index >= 15 is 0 Å². The molecule has 4 heteroatoms. The third-order valence-electron chi connectivity index (χ3n) is 5.63. The van der Waals surface area contributed by atoms with Gasteiger partial charge < -0.3 is 9.47 Å². The third kappa shape index (κ3) is 5.90. The number of aryl methyl sites for hydroxylation is 6. The van der Waals surface area contributed by atoms with Crippen LogP contribution in [0.1, 0.15) is 61.1 Å². The predicted octanol–water partition coefficient (Wildman–Crippen LogP) is 7.36. The standard InChI is InChI=1S/C27H35O2PS/c1-7-20-14-18(5)25(22(9-3)16-20)28-27(30-24-12-11-13-31-24)29-26-19(6)15-21(8-2)17-23(26)10-4/h11-17,27,30H,7-10H2,1-6H3. The van der Waals surface area contributed by atoms with Crippen LogP contribution in [0, 0.1) is 13.8 Å². The molecule has 1 atom stereocenters. The molecule has 0 fully saturated rings. The van der Waals surface area contributed by atoms with E-state index in [1.165, 1.54) is 38.0 Å². The van der Waals surface area contributed by atoms with E-state index in [0.29, 0.717) is 8.58 Å². The summed E-state index contributed by atoms with van der Waals surface area (Å²) in [5.74, 6) is 1.96. The summed E-state index contributed by atoms with van der Waals surface area (Å²) in [6.45, 7) is 13.1. The molecule has 166 valence electrons. The number of rotatable bonds is 10. The molecule has 31 heavy (non-hydrogen) atoms. The molecular formula is C27H35O2PS. The van der Waals surface area contributed by atoms with Gasteiger partial charge >= 0.3 is 0 Å². The summed E-state index contributed by atoms with van der Waals surface area (Å²) in [5.41, 5.74) is 7.62. The Morgan fingerprint density at radius 1 is 0.774 bits per heavy atom. The fraction of sp³-hybridized carbons (Fsp3) is 0.407. The molecule has 1 heterocycles. The normalized spacial score (nSPS) is 11.6. The van der Waals surface area contributed by atoms with Crippen LogP contribution in [0.5, 0.6) is 11.5 Å². The van der Waals surface area contributed by atoms with E-state index in [9.17, 15) is 0 Å². The summed E-state index contributed by atoms with van der Waals surface area (Å²) in [5, 5.41) is 2.12. The van der Waals surface area contributed by atoms with E-state index < -0.39 is 0 Å². The molecule has 0 aliphatic rings. The van der Waals surface area contributed by atoms with Crippen molar-refractivity contribution in [2.45, 2.75) is 73.3 Å². The van der Waals surface area contributed by atoms with Gasteiger partial charge in [0.15, 0.2) is 0 Å². The molecule has 0 saturated heterocycles. The van der Waals surface area contributed by atoms with E-state index in [0.717, 1.165) is 37.2 Å². The Kier molecular flexibility index (Phi) is 8.58. The second kappa shape index (κ2) is 11.2. The number of hydrogen-bond acceptors (Lipinski definition) is 3. The van der Waals surface area contributed by atoms with Gasteiger partial charge in [-0.3, -0.25) is 0 Å². The molecule has 0 spiro atoms. The SMILES string of the molecule is CCc1cc(C)c(OC(Oc2c(C)cc(CC)cc2CC)Pc2cccs2)c(CC)c1. The average molecular weight is 455 g/mol. The van der Waals surface area contributed by atoms with Crippen LogP contribution in [0.25, 0.3) is 0 Å². The van der Waals surface area contributed by atoms with Crippen LogP contribution in [-0.2, 0) is 25.7 Å². The lowest BCUT2D eigenvalue weighted by Gasteiger charge is -2.25. The van der Waals surface area contributed by atoms with E-state index in [1.54, 1.807) is 11.3 Å². The molecule has 1 aromatic heterocycles. The van der Waals surface area contributed by atoms with Crippen LogP contribution in [-0.4, -0.2) is 6.03 Å². The average Bonchev–Trinajstić information content (AvgIpc) is 3.28. The van der Waals surface area contributed by atoms with E-state index in [4.69, 9.17) is 9.47 Å². The Bertz CT molecular complexity index is 931. The summed E-state index contributed by atoms with van der Waals surface area (Å²) < 4.78 is 14.6. The minimum absolute atomic E-state index is 0.341. The quantitative estimate of drug-likeness (QED) is 0.235. The number of ether oxygens (including phenoxy) is 2. The molecule has 3 rings (SSSR count). The van der Waals surface area contributed by atoms with Gasteiger partial charge in [0, 0.05) is 13.2 Å². The number of hydrogen-bond donors (Lipinski definition) is 0. The lowest BCUT2D eigenvalue weighted by Crippen LogP contribution is -2.23. The highest BCUT2D eigenvalue weighted by molar-refractivity contribution is 7.56. The molecule has 2 aromatic carbocycles. The van der Waals surface area contributed by atoms with Gasteiger partial charge in [-0.1, -0.05) is 58.0 Å². The number of benzene rings is 2. The van der Waals surface area contributed by atoms with Crippen molar-refractivity contribution in [3.63, 3.8) is 0 Å². The Hall–Kier alpha value is -1.83.